The summed E-state index contributed by atoms with van der Waals surface area (Å²) in [5.74, 6) is -0.0736. The summed E-state index contributed by atoms with van der Waals surface area (Å²) in [7, 11) is 0. The molecule has 1 amide bonds. The van der Waals surface area contributed by atoms with Crippen LogP contribution in [0.25, 0.3) is 0 Å². The first-order chi connectivity index (χ1) is 10.7. The Balaban J connectivity index is 1.47. The first-order valence-electron chi connectivity index (χ1n) is 7.08. The third kappa shape index (κ3) is 3.41. The van der Waals surface area contributed by atoms with Gasteiger partial charge in [-0.2, -0.15) is 5.10 Å². The van der Waals surface area contributed by atoms with Crippen LogP contribution in [0.5, 0.6) is 0 Å². The zero-order chi connectivity index (χ0) is 15.4. The average molecular weight is 319 g/mol. The highest BCUT2D eigenvalue weighted by atomic mass is 32.1. The number of carbonyl (C=O) groups excluding carboxylic acids is 1. The highest BCUT2D eigenvalue weighted by Gasteiger charge is 2.30. The van der Waals surface area contributed by atoms with E-state index in [1.54, 1.807) is 23.6 Å². The number of hydrogen-bond acceptors (Lipinski definition) is 6. The van der Waals surface area contributed by atoms with Gasteiger partial charge < -0.3 is 5.32 Å². The standard InChI is InChI=1S/C14H17N5O2S/c20-13-4-1-5-16-19(13)7-6-15-14(21)11-9-10(17-18-11)12-3-2-8-22-12/h1-5,8,10-11,17-18H,6-7,9H2,(H,15,21). The van der Waals surface area contributed by atoms with E-state index in [1.165, 1.54) is 15.6 Å². The Labute approximate surface area is 131 Å². The minimum atomic E-state index is -0.271. The van der Waals surface area contributed by atoms with Crippen LogP contribution in [0.4, 0.5) is 0 Å². The first kappa shape index (κ1) is 14.9. The minimum absolute atomic E-state index is 0.0736. The van der Waals surface area contributed by atoms with Crippen LogP contribution in [0, 0.1) is 0 Å². The molecule has 3 heterocycles. The minimum Gasteiger partial charge on any atom is -0.353 e. The highest BCUT2D eigenvalue weighted by Crippen LogP contribution is 2.25. The highest BCUT2D eigenvalue weighted by molar-refractivity contribution is 7.10. The van der Waals surface area contributed by atoms with Crippen molar-refractivity contribution < 1.29 is 4.79 Å². The van der Waals surface area contributed by atoms with Gasteiger partial charge in [-0.1, -0.05) is 6.07 Å². The Bertz CT molecular complexity index is 685. The van der Waals surface area contributed by atoms with Crippen molar-refractivity contribution in [2.75, 3.05) is 6.54 Å². The van der Waals surface area contributed by atoms with E-state index in [2.05, 4.69) is 27.3 Å². The molecule has 8 heteroatoms. The van der Waals surface area contributed by atoms with Crippen molar-refractivity contribution in [3.8, 4) is 0 Å². The molecule has 0 saturated carbocycles. The number of hydrazine groups is 1. The fraction of sp³-hybridized carbons (Fsp3) is 0.357. The quantitative estimate of drug-likeness (QED) is 0.724. The molecular formula is C14H17N5O2S. The van der Waals surface area contributed by atoms with Crippen molar-refractivity contribution in [1.29, 1.82) is 0 Å². The molecule has 3 N–H and O–H groups in total. The van der Waals surface area contributed by atoms with Gasteiger partial charge in [0.2, 0.25) is 5.91 Å². The molecule has 2 aromatic rings. The van der Waals surface area contributed by atoms with Crippen molar-refractivity contribution in [2.24, 2.45) is 0 Å². The average Bonchev–Trinajstić information content (AvgIpc) is 3.20. The predicted molar refractivity (Wildman–Crippen MR) is 83.2 cm³/mol. The number of rotatable bonds is 5. The van der Waals surface area contributed by atoms with Gasteiger partial charge in [0.15, 0.2) is 0 Å². The molecule has 0 radical (unpaired) electrons. The van der Waals surface area contributed by atoms with Crippen LogP contribution in [0.15, 0.2) is 40.6 Å². The third-order valence-electron chi connectivity index (χ3n) is 3.51. The SMILES string of the molecule is O=C(NCCn1ncccc1=O)C1CC(c2cccs2)NN1. The van der Waals surface area contributed by atoms with Gasteiger partial charge in [0.25, 0.3) is 5.56 Å². The summed E-state index contributed by atoms with van der Waals surface area (Å²) in [6, 6.07) is 6.98. The summed E-state index contributed by atoms with van der Waals surface area (Å²) < 4.78 is 1.33. The second-order valence-corrected chi connectivity index (χ2v) is 6.00. The molecule has 2 unspecified atom stereocenters. The Kier molecular flexibility index (Phi) is 4.62. The molecule has 22 heavy (non-hydrogen) atoms. The summed E-state index contributed by atoms with van der Waals surface area (Å²) in [6.45, 7) is 0.734. The van der Waals surface area contributed by atoms with E-state index in [1.807, 2.05) is 11.4 Å². The molecule has 0 aromatic carbocycles. The number of nitrogens with one attached hydrogen (secondary N) is 3. The van der Waals surface area contributed by atoms with Crippen molar-refractivity contribution in [2.45, 2.75) is 25.0 Å². The molecular weight excluding hydrogens is 302 g/mol. The van der Waals surface area contributed by atoms with E-state index >= 15 is 0 Å². The lowest BCUT2D eigenvalue weighted by atomic mass is 10.1. The summed E-state index contributed by atoms with van der Waals surface area (Å²) >= 11 is 1.67. The van der Waals surface area contributed by atoms with Gasteiger partial charge in [0, 0.05) is 23.7 Å². The topological polar surface area (TPSA) is 88.0 Å². The number of amides is 1. The maximum absolute atomic E-state index is 12.1. The van der Waals surface area contributed by atoms with Gasteiger partial charge in [0.1, 0.15) is 6.04 Å². The monoisotopic (exact) mass is 319 g/mol. The molecule has 1 aliphatic rings. The van der Waals surface area contributed by atoms with Gasteiger partial charge in [-0.3, -0.25) is 9.59 Å². The maximum Gasteiger partial charge on any atom is 0.266 e. The molecule has 0 aliphatic carbocycles. The Morgan fingerprint density at radius 1 is 1.41 bits per heavy atom. The van der Waals surface area contributed by atoms with Crippen LogP contribution < -0.4 is 21.7 Å². The Morgan fingerprint density at radius 3 is 3.09 bits per heavy atom. The van der Waals surface area contributed by atoms with Gasteiger partial charge in [-0.25, -0.2) is 15.5 Å². The van der Waals surface area contributed by atoms with Crippen LogP contribution in [0.3, 0.4) is 0 Å². The Hall–Kier alpha value is -2.03. The van der Waals surface area contributed by atoms with E-state index in [0.717, 1.165) is 0 Å². The molecule has 1 fully saturated rings. The number of carbonyl (C=O) groups is 1. The molecule has 1 saturated heterocycles. The maximum atomic E-state index is 12.1. The van der Waals surface area contributed by atoms with Gasteiger partial charge in [-0.15, -0.1) is 11.3 Å². The summed E-state index contributed by atoms with van der Waals surface area (Å²) in [5.41, 5.74) is 5.98. The fourth-order valence-corrected chi connectivity index (χ4v) is 3.16. The lowest BCUT2D eigenvalue weighted by Crippen LogP contribution is -2.44. The van der Waals surface area contributed by atoms with Crippen LogP contribution in [-0.4, -0.2) is 28.3 Å². The van der Waals surface area contributed by atoms with Crippen molar-refractivity contribution in [3.05, 3.63) is 51.1 Å². The molecule has 0 spiro atoms. The van der Waals surface area contributed by atoms with Crippen molar-refractivity contribution in [1.82, 2.24) is 25.9 Å². The van der Waals surface area contributed by atoms with Gasteiger partial charge >= 0.3 is 0 Å². The largest absolute Gasteiger partial charge is 0.353 e. The zero-order valence-corrected chi connectivity index (χ0v) is 12.7. The molecule has 0 bridgehead atoms. The van der Waals surface area contributed by atoms with E-state index in [9.17, 15) is 9.59 Å². The zero-order valence-electron chi connectivity index (χ0n) is 11.9. The lowest BCUT2D eigenvalue weighted by molar-refractivity contribution is -0.122. The molecule has 3 rings (SSSR count). The lowest BCUT2D eigenvalue weighted by Gasteiger charge is -2.10. The number of thiophene rings is 1. The molecule has 1 aliphatic heterocycles. The van der Waals surface area contributed by atoms with Crippen molar-refractivity contribution in [3.63, 3.8) is 0 Å². The van der Waals surface area contributed by atoms with Crippen LogP contribution in [0.2, 0.25) is 0 Å². The number of hydrogen-bond donors (Lipinski definition) is 3. The van der Waals surface area contributed by atoms with Gasteiger partial charge in [-0.05, 0) is 23.9 Å². The van der Waals surface area contributed by atoms with Crippen LogP contribution in [-0.2, 0) is 11.3 Å². The van der Waals surface area contributed by atoms with Crippen molar-refractivity contribution >= 4 is 17.2 Å². The molecule has 2 atom stereocenters. The second kappa shape index (κ2) is 6.82. The smallest absolute Gasteiger partial charge is 0.266 e. The summed E-state index contributed by atoms with van der Waals surface area (Å²) in [6.07, 6.45) is 2.26. The van der Waals surface area contributed by atoms with Crippen LogP contribution >= 0.6 is 11.3 Å². The molecule has 116 valence electrons. The number of nitrogens with zero attached hydrogens (tertiary/aromatic N) is 2. The van der Waals surface area contributed by atoms with E-state index in [-0.39, 0.29) is 23.6 Å². The Morgan fingerprint density at radius 2 is 2.32 bits per heavy atom. The summed E-state index contributed by atoms with van der Waals surface area (Å²) in [4.78, 5) is 24.8. The van der Waals surface area contributed by atoms with Gasteiger partial charge in [0.05, 0.1) is 12.6 Å². The van der Waals surface area contributed by atoms with E-state index < -0.39 is 0 Å². The van der Waals surface area contributed by atoms with E-state index in [4.69, 9.17) is 0 Å². The van der Waals surface area contributed by atoms with E-state index in [0.29, 0.717) is 19.5 Å². The number of aromatic nitrogens is 2. The normalized spacial score (nSPS) is 20.9. The summed E-state index contributed by atoms with van der Waals surface area (Å²) in [5, 5.41) is 8.80. The predicted octanol–water partition coefficient (Wildman–Crippen LogP) is 0.0288. The fourth-order valence-electron chi connectivity index (χ4n) is 2.37. The molecule has 2 aromatic heterocycles. The third-order valence-corrected chi connectivity index (χ3v) is 4.50. The van der Waals surface area contributed by atoms with Crippen LogP contribution in [0.1, 0.15) is 17.3 Å². The molecule has 7 nitrogen and oxygen atoms in total. The first-order valence-corrected chi connectivity index (χ1v) is 7.96. The second-order valence-electron chi connectivity index (χ2n) is 5.02.